The lowest BCUT2D eigenvalue weighted by atomic mass is 9.74. The van der Waals surface area contributed by atoms with Crippen molar-refractivity contribution in [1.29, 1.82) is 0 Å². The maximum Gasteiger partial charge on any atom is 0.324 e. The van der Waals surface area contributed by atoms with E-state index in [4.69, 9.17) is 22.7 Å². The van der Waals surface area contributed by atoms with E-state index in [1.54, 1.807) is 0 Å². The van der Waals surface area contributed by atoms with Gasteiger partial charge in [0.25, 0.3) is 0 Å². The molecule has 384 valence electrons. The normalized spacial score (nSPS) is 13.0. The molecule has 0 aliphatic carbocycles. The number of thiol groups is 3. The summed E-state index contributed by atoms with van der Waals surface area (Å²) in [6, 6.07) is 52.2. The summed E-state index contributed by atoms with van der Waals surface area (Å²) in [5.41, 5.74) is 16.5. The van der Waals surface area contributed by atoms with Crippen molar-refractivity contribution in [2.45, 2.75) is 121 Å². The molecule has 72 heavy (non-hydrogen) atoms. The number of nitrogens with one attached hydrogen (secondary N) is 1. The average Bonchev–Trinajstić information content (AvgIpc) is 3.40. The van der Waals surface area contributed by atoms with Crippen LogP contribution in [0.3, 0.4) is 0 Å². The lowest BCUT2D eigenvalue weighted by molar-refractivity contribution is -0.134. The average molecular weight is 1060 g/mol. The van der Waals surface area contributed by atoms with E-state index in [1.165, 1.54) is 39.6 Å². The van der Waals surface area contributed by atoms with Gasteiger partial charge < -0.3 is 15.8 Å². The van der Waals surface area contributed by atoms with Gasteiger partial charge in [-0.15, -0.1) is 0 Å². The Labute approximate surface area is 458 Å². The van der Waals surface area contributed by atoms with Gasteiger partial charge in [-0.2, -0.15) is 37.9 Å². The van der Waals surface area contributed by atoms with Crippen LogP contribution in [0, 0.1) is 34.6 Å². The first-order valence-corrected chi connectivity index (χ1v) is 28.0. The number of amides is 1. The summed E-state index contributed by atoms with van der Waals surface area (Å²) in [7, 11) is 0. The van der Waals surface area contributed by atoms with Crippen LogP contribution in [-0.4, -0.2) is 51.2 Å². The minimum atomic E-state index is -0.477. The number of esters is 1. The Morgan fingerprint density at radius 2 is 0.972 bits per heavy atom. The van der Waals surface area contributed by atoms with Crippen molar-refractivity contribution in [1.82, 2.24) is 5.32 Å². The van der Waals surface area contributed by atoms with Crippen LogP contribution in [-0.2, 0) is 20.4 Å². The number of nitrogens with two attached hydrogens (primary N) is 1. The SMILES string of the molecule is CC(C)(CC(CC(S)C(=O)NCCS)c1ccccc1)c1ccccc1.Cc1c(C)c(C)c(OC(=O)C(CC(CC(C)(C)c2ccccc2)c2ccccc2)SC(=S)c2ccccc2)c(C)c1C.NCCS. The summed E-state index contributed by atoms with van der Waals surface area (Å²) in [6.45, 7) is 20.8. The first kappa shape index (κ1) is 60.3. The molecule has 0 spiro atoms. The summed E-state index contributed by atoms with van der Waals surface area (Å²) in [4.78, 5) is 26.5. The predicted octanol–water partition coefficient (Wildman–Crippen LogP) is 14.9. The number of benzene rings is 6. The van der Waals surface area contributed by atoms with Gasteiger partial charge in [0, 0.05) is 24.6 Å². The van der Waals surface area contributed by atoms with Crippen LogP contribution in [0.25, 0.3) is 0 Å². The van der Waals surface area contributed by atoms with Crippen molar-refractivity contribution in [2.24, 2.45) is 5.73 Å². The quantitative estimate of drug-likeness (QED) is 0.0227. The largest absolute Gasteiger partial charge is 0.425 e. The molecule has 0 saturated heterocycles. The Kier molecular flexibility index (Phi) is 25.3. The van der Waals surface area contributed by atoms with Crippen molar-refractivity contribution in [3.8, 4) is 5.75 Å². The van der Waals surface area contributed by atoms with E-state index in [2.05, 4.69) is 195 Å². The molecular weight excluding hydrogens is 981 g/mol. The van der Waals surface area contributed by atoms with Crippen LogP contribution in [0.2, 0.25) is 0 Å². The molecule has 4 atom stereocenters. The van der Waals surface area contributed by atoms with Crippen molar-refractivity contribution >= 4 is 77.9 Å². The Bertz CT molecular complexity index is 2550. The van der Waals surface area contributed by atoms with Gasteiger partial charge in [0.1, 0.15) is 11.0 Å². The van der Waals surface area contributed by atoms with Gasteiger partial charge in [-0.3, -0.25) is 9.59 Å². The standard InChI is InChI=1S/C38H42O2S2.C22H29NOS2.C2H7NS/c1-25-26(2)28(4)35(29(5)27(25)3)40-36(39)34(42-37(41)31-19-13-9-14-20-31)23-32(30-17-11-8-12-18-30)24-38(6,7)33-21-15-10-16-22-33;1-22(2,19-11-7-4-8-12-19)16-18(17-9-5-3-6-10-17)15-20(26)21(24)23-13-14-25;3-1-2-4/h8-22,32,34H,23-24H2,1-7H3;3-12,18,20,25-26H,13-16H2,1-2H3,(H,23,24);4H,1-3H2. The van der Waals surface area contributed by atoms with E-state index in [9.17, 15) is 9.59 Å². The zero-order valence-electron chi connectivity index (χ0n) is 43.9. The number of hydrogen-bond acceptors (Lipinski definition) is 9. The van der Waals surface area contributed by atoms with Gasteiger partial charge in [0.05, 0.1) is 9.45 Å². The molecule has 6 aromatic rings. The number of thiocarbonyl (C=S) groups is 1. The fourth-order valence-corrected chi connectivity index (χ4v) is 11.0. The molecule has 0 radical (unpaired) electrons. The van der Waals surface area contributed by atoms with Gasteiger partial charge in [-0.1, -0.05) is 203 Å². The lowest BCUT2D eigenvalue weighted by Gasteiger charge is -2.32. The molecule has 0 heterocycles. The van der Waals surface area contributed by atoms with Gasteiger partial charge >= 0.3 is 5.97 Å². The van der Waals surface area contributed by atoms with Crippen molar-refractivity contribution in [2.75, 3.05) is 24.6 Å². The van der Waals surface area contributed by atoms with Gasteiger partial charge in [-0.05, 0) is 139 Å². The first-order chi connectivity index (χ1) is 34.3. The first-order valence-electron chi connectivity index (χ1n) is 25.0. The molecule has 1 amide bonds. The molecule has 0 saturated carbocycles. The van der Waals surface area contributed by atoms with Gasteiger partial charge in [0.15, 0.2) is 0 Å². The van der Waals surface area contributed by atoms with Crippen molar-refractivity contribution in [3.05, 3.63) is 207 Å². The van der Waals surface area contributed by atoms with E-state index in [1.807, 2.05) is 62.4 Å². The highest BCUT2D eigenvalue weighted by molar-refractivity contribution is 8.24. The predicted molar refractivity (Wildman–Crippen MR) is 324 cm³/mol. The lowest BCUT2D eigenvalue weighted by Crippen LogP contribution is -2.34. The van der Waals surface area contributed by atoms with Crippen LogP contribution in [0.4, 0.5) is 0 Å². The third-order valence-corrected chi connectivity index (χ3v) is 16.2. The number of rotatable bonds is 20. The number of carbonyl (C=O) groups excluding carboxylic acids is 2. The van der Waals surface area contributed by atoms with Gasteiger partial charge in [0.2, 0.25) is 5.91 Å². The zero-order chi connectivity index (χ0) is 52.8. The maximum absolute atomic E-state index is 14.2. The second-order valence-electron chi connectivity index (χ2n) is 19.8. The van der Waals surface area contributed by atoms with E-state index in [0.717, 1.165) is 46.4 Å². The highest BCUT2D eigenvalue weighted by Crippen LogP contribution is 2.42. The highest BCUT2D eigenvalue weighted by Gasteiger charge is 2.34. The Balaban J connectivity index is 0.000000320. The van der Waals surface area contributed by atoms with Crippen LogP contribution in [0.5, 0.6) is 5.75 Å². The Morgan fingerprint density at radius 1 is 0.597 bits per heavy atom. The maximum atomic E-state index is 14.2. The third kappa shape index (κ3) is 18.3. The molecule has 0 bridgehead atoms. The number of thioether (sulfide) groups is 1. The second kappa shape index (κ2) is 30.2. The minimum Gasteiger partial charge on any atom is -0.425 e. The van der Waals surface area contributed by atoms with E-state index < -0.39 is 5.25 Å². The molecule has 5 nitrogen and oxygen atoms in total. The summed E-state index contributed by atoms with van der Waals surface area (Å²) in [5, 5.41) is 2.09. The molecule has 10 heteroatoms. The van der Waals surface area contributed by atoms with Gasteiger partial charge in [-0.25, -0.2) is 0 Å². The fraction of sp³-hybridized carbons (Fsp3) is 0.371. The second-order valence-corrected chi connectivity index (χ2v) is 23.2. The number of hydrogen-bond donors (Lipinski definition) is 5. The van der Waals surface area contributed by atoms with Crippen molar-refractivity contribution in [3.63, 3.8) is 0 Å². The summed E-state index contributed by atoms with van der Waals surface area (Å²) >= 11 is 19.9. The Hall–Kier alpha value is -4.29. The molecule has 0 aromatic heterocycles. The smallest absolute Gasteiger partial charge is 0.324 e. The monoisotopic (exact) mass is 1060 g/mol. The summed E-state index contributed by atoms with van der Waals surface area (Å²) in [6.07, 6.45) is 3.16. The van der Waals surface area contributed by atoms with Crippen LogP contribution < -0.4 is 15.8 Å². The minimum absolute atomic E-state index is 0.0108. The van der Waals surface area contributed by atoms with Crippen molar-refractivity contribution < 1.29 is 14.3 Å². The molecule has 0 aliphatic rings. The highest BCUT2D eigenvalue weighted by atomic mass is 32.2. The topological polar surface area (TPSA) is 81.4 Å². The molecule has 0 fully saturated rings. The number of ether oxygens (including phenoxy) is 1. The van der Waals surface area contributed by atoms with Crippen LogP contribution >= 0.6 is 61.9 Å². The molecule has 4 unspecified atom stereocenters. The van der Waals surface area contributed by atoms with E-state index in [0.29, 0.717) is 41.6 Å². The molecular formula is C62H78N2O3S5. The number of carbonyl (C=O) groups is 2. The van der Waals surface area contributed by atoms with Crippen LogP contribution in [0.15, 0.2) is 152 Å². The summed E-state index contributed by atoms with van der Waals surface area (Å²) < 4.78 is 7.03. The summed E-state index contributed by atoms with van der Waals surface area (Å²) in [5.74, 6) is 2.23. The fourth-order valence-electron chi connectivity index (χ4n) is 9.05. The zero-order valence-corrected chi connectivity index (χ0v) is 48.2. The Morgan fingerprint density at radius 3 is 1.38 bits per heavy atom. The molecule has 6 rings (SSSR count). The molecule has 0 aliphatic heterocycles. The van der Waals surface area contributed by atoms with Crippen LogP contribution in [0.1, 0.15) is 121 Å². The molecule has 6 aromatic carbocycles. The molecule has 3 N–H and O–H groups in total. The van der Waals surface area contributed by atoms with E-state index in [-0.39, 0.29) is 39.8 Å². The third-order valence-electron chi connectivity index (χ3n) is 13.7. The van der Waals surface area contributed by atoms with E-state index >= 15 is 0 Å².